The molecular weight excluding hydrogens is 793 g/mol. The lowest BCUT2D eigenvalue weighted by molar-refractivity contribution is -0.167. The number of unbranched alkanes of at least 4 members (excludes halogenated alkanes) is 28. The smallest absolute Gasteiger partial charge is 0.306 e. The van der Waals surface area contributed by atoms with E-state index in [0.29, 0.717) is 19.3 Å². The highest BCUT2D eigenvalue weighted by Gasteiger charge is 2.19. The van der Waals surface area contributed by atoms with E-state index >= 15 is 0 Å². The first kappa shape index (κ1) is 61.1. The van der Waals surface area contributed by atoms with E-state index in [-0.39, 0.29) is 31.1 Å². The van der Waals surface area contributed by atoms with Crippen molar-refractivity contribution < 1.29 is 28.6 Å². The Hall–Kier alpha value is -2.89. The first-order chi connectivity index (χ1) is 31.5. The summed E-state index contributed by atoms with van der Waals surface area (Å²) < 4.78 is 16.8. The maximum Gasteiger partial charge on any atom is 0.306 e. The summed E-state index contributed by atoms with van der Waals surface area (Å²) >= 11 is 0. The molecule has 0 spiro atoms. The normalized spacial score (nSPS) is 12.5. The van der Waals surface area contributed by atoms with Crippen molar-refractivity contribution in [3.63, 3.8) is 0 Å². The van der Waals surface area contributed by atoms with E-state index in [9.17, 15) is 14.4 Å². The van der Waals surface area contributed by atoms with Crippen molar-refractivity contribution in [2.45, 2.75) is 277 Å². The van der Waals surface area contributed by atoms with Gasteiger partial charge in [0.15, 0.2) is 6.10 Å². The average Bonchev–Trinajstić information content (AvgIpc) is 3.29. The number of rotatable bonds is 49. The van der Waals surface area contributed by atoms with Crippen LogP contribution < -0.4 is 0 Å². The van der Waals surface area contributed by atoms with E-state index in [1.54, 1.807) is 0 Å². The van der Waals surface area contributed by atoms with Crippen LogP contribution in [0.4, 0.5) is 0 Å². The maximum absolute atomic E-state index is 12.8. The molecule has 6 nitrogen and oxygen atoms in total. The molecule has 64 heavy (non-hydrogen) atoms. The standard InChI is InChI=1S/C58H102O6/c1-4-7-10-13-16-19-22-25-28-29-31-33-36-39-42-45-48-51-57(60)63-54-55(53-62-56(59)50-47-44-41-38-35-32-27-24-21-18-15-12-9-6-3)64-58(61)52-49-46-43-40-37-34-30-26-23-20-17-14-11-8-5-2/h7,10,16,19,25-26,28,30-31,33,55H,4-6,8-9,11-15,17-18,20-24,27,29,32,34-54H2,1-3H3/b10-7-,19-16-,28-25-,30-26-,33-31-. The predicted molar refractivity (Wildman–Crippen MR) is 275 cm³/mol. The van der Waals surface area contributed by atoms with Crippen LogP contribution in [0.1, 0.15) is 271 Å². The van der Waals surface area contributed by atoms with Gasteiger partial charge in [-0.2, -0.15) is 0 Å². The van der Waals surface area contributed by atoms with Gasteiger partial charge in [-0.05, 0) is 83.5 Å². The molecular formula is C58H102O6. The second kappa shape index (κ2) is 52.7. The fourth-order valence-electron chi connectivity index (χ4n) is 7.66. The van der Waals surface area contributed by atoms with Crippen molar-refractivity contribution in [1.82, 2.24) is 0 Å². The molecule has 370 valence electrons. The summed E-state index contributed by atoms with van der Waals surface area (Å²) in [6.45, 7) is 6.51. The zero-order chi connectivity index (χ0) is 46.5. The van der Waals surface area contributed by atoms with Crippen LogP contribution in [0.3, 0.4) is 0 Å². The summed E-state index contributed by atoms with van der Waals surface area (Å²) in [5, 5.41) is 0. The van der Waals surface area contributed by atoms with Gasteiger partial charge in [-0.25, -0.2) is 0 Å². The molecule has 0 aliphatic carbocycles. The summed E-state index contributed by atoms with van der Waals surface area (Å²) in [4.78, 5) is 38.1. The lowest BCUT2D eigenvalue weighted by Crippen LogP contribution is -2.30. The molecule has 0 amide bonds. The van der Waals surface area contributed by atoms with Gasteiger partial charge < -0.3 is 14.2 Å². The zero-order valence-electron chi connectivity index (χ0n) is 42.3. The molecule has 1 atom stereocenters. The topological polar surface area (TPSA) is 78.9 Å². The monoisotopic (exact) mass is 895 g/mol. The summed E-state index contributed by atoms with van der Waals surface area (Å²) in [6, 6.07) is 0. The van der Waals surface area contributed by atoms with Gasteiger partial charge >= 0.3 is 17.9 Å². The van der Waals surface area contributed by atoms with Gasteiger partial charge in [0, 0.05) is 19.3 Å². The summed E-state index contributed by atoms with van der Waals surface area (Å²) in [5.41, 5.74) is 0. The third-order valence-electron chi connectivity index (χ3n) is 11.8. The van der Waals surface area contributed by atoms with Gasteiger partial charge in [-0.15, -0.1) is 0 Å². The molecule has 0 radical (unpaired) electrons. The van der Waals surface area contributed by atoms with Gasteiger partial charge in [-0.1, -0.05) is 229 Å². The Morgan fingerprint density at radius 2 is 0.609 bits per heavy atom. The Morgan fingerprint density at radius 3 is 0.969 bits per heavy atom. The molecule has 0 rings (SSSR count). The van der Waals surface area contributed by atoms with Gasteiger partial charge in [0.25, 0.3) is 0 Å². The Labute approximate surface area is 396 Å². The van der Waals surface area contributed by atoms with E-state index in [0.717, 1.165) is 109 Å². The van der Waals surface area contributed by atoms with E-state index in [1.165, 1.54) is 122 Å². The highest BCUT2D eigenvalue weighted by atomic mass is 16.6. The molecule has 0 aromatic heterocycles. The minimum atomic E-state index is -0.786. The quantitative estimate of drug-likeness (QED) is 0.0262. The highest BCUT2D eigenvalue weighted by molar-refractivity contribution is 5.71. The van der Waals surface area contributed by atoms with Crippen LogP contribution in [0.5, 0.6) is 0 Å². The lowest BCUT2D eigenvalue weighted by Gasteiger charge is -2.18. The van der Waals surface area contributed by atoms with Crippen molar-refractivity contribution in [2.24, 2.45) is 0 Å². The number of carbonyl (C=O) groups excluding carboxylic acids is 3. The number of esters is 3. The largest absolute Gasteiger partial charge is 0.462 e. The van der Waals surface area contributed by atoms with Gasteiger partial charge in [0.2, 0.25) is 0 Å². The number of hydrogen-bond acceptors (Lipinski definition) is 6. The Balaban J connectivity index is 4.42. The van der Waals surface area contributed by atoms with Crippen LogP contribution in [0.15, 0.2) is 60.8 Å². The lowest BCUT2D eigenvalue weighted by atomic mass is 10.0. The molecule has 0 N–H and O–H groups in total. The van der Waals surface area contributed by atoms with Crippen LogP contribution >= 0.6 is 0 Å². The van der Waals surface area contributed by atoms with Crippen LogP contribution in [-0.2, 0) is 28.6 Å². The predicted octanol–water partition coefficient (Wildman–Crippen LogP) is 18.0. The van der Waals surface area contributed by atoms with Gasteiger partial charge in [0.1, 0.15) is 13.2 Å². The molecule has 0 fully saturated rings. The Bertz CT molecular complexity index is 1170. The average molecular weight is 895 g/mol. The summed E-state index contributed by atoms with van der Waals surface area (Å²) in [5.74, 6) is -0.908. The molecule has 0 aliphatic heterocycles. The fourth-order valence-corrected chi connectivity index (χ4v) is 7.66. The third-order valence-corrected chi connectivity index (χ3v) is 11.8. The third kappa shape index (κ3) is 50.1. The first-order valence-corrected chi connectivity index (χ1v) is 27.3. The number of allylic oxidation sites excluding steroid dienone is 10. The molecule has 0 bridgehead atoms. The number of ether oxygens (including phenoxy) is 3. The molecule has 0 aromatic rings. The van der Waals surface area contributed by atoms with E-state index < -0.39 is 6.10 Å². The van der Waals surface area contributed by atoms with Gasteiger partial charge in [-0.3, -0.25) is 14.4 Å². The van der Waals surface area contributed by atoms with Crippen LogP contribution in [-0.4, -0.2) is 37.2 Å². The summed E-state index contributed by atoms with van der Waals surface area (Å²) in [7, 11) is 0. The Morgan fingerprint density at radius 1 is 0.328 bits per heavy atom. The number of carbonyl (C=O) groups is 3. The van der Waals surface area contributed by atoms with Crippen molar-refractivity contribution in [3.05, 3.63) is 60.8 Å². The fraction of sp³-hybridized carbons (Fsp3) is 0.776. The molecule has 6 heteroatoms. The van der Waals surface area contributed by atoms with Gasteiger partial charge in [0.05, 0.1) is 0 Å². The SMILES string of the molecule is CC/C=C\C/C=C\C/C=C\C/C=C\CCCCCCC(=O)OCC(COC(=O)CCCCCCCCCCCCCCCC)OC(=O)CCCCCCC/C=C\CCCCCCCC. The second-order valence-corrected chi connectivity index (χ2v) is 18.1. The maximum atomic E-state index is 12.8. The highest BCUT2D eigenvalue weighted by Crippen LogP contribution is 2.15. The summed E-state index contributed by atoms with van der Waals surface area (Å²) in [6.07, 6.45) is 64.9. The van der Waals surface area contributed by atoms with Crippen molar-refractivity contribution in [2.75, 3.05) is 13.2 Å². The van der Waals surface area contributed by atoms with E-state index in [2.05, 4.69) is 81.5 Å². The molecule has 0 aliphatic rings. The van der Waals surface area contributed by atoms with Crippen LogP contribution in [0, 0.1) is 0 Å². The van der Waals surface area contributed by atoms with Crippen LogP contribution in [0.25, 0.3) is 0 Å². The molecule has 0 aromatic carbocycles. The van der Waals surface area contributed by atoms with Crippen molar-refractivity contribution in [3.8, 4) is 0 Å². The molecule has 0 saturated heterocycles. The Kier molecular flexibility index (Phi) is 50.4. The van der Waals surface area contributed by atoms with E-state index in [1.807, 2.05) is 0 Å². The molecule has 0 heterocycles. The van der Waals surface area contributed by atoms with Crippen molar-refractivity contribution in [1.29, 1.82) is 0 Å². The molecule has 0 saturated carbocycles. The zero-order valence-corrected chi connectivity index (χ0v) is 42.3. The minimum Gasteiger partial charge on any atom is -0.462 e. The second-order valence-electron chi connectivity index (χ2n) is 18.1. The minimum absolute atomic E-state index is 0.0832. The van der Waals surface area contributed by atoms with Crippen LogP contribution in [0.2, 0.25) is 0 Å². The number of hydrogen-bond donors (Lipinski definition) is 0. The molecule has 1 unspecified atom stereocenters. The van der Waals surface area contributed by atoms with Crippen molar-refractivity contribution >= 4 is 17.9 Å². The first-order valence-electron chi connectivity index (χ1n) is 27.3. The van der Waals surface area contributed by atoms with E-state index in [4.69, 9.17) is 14.2 Å².